The lowest BCUT2D eigenvalue weighted by Crippen LogP contribution is -2.66. The summed E-state index contributed by atoms with van der Waals surface area (Å²) in [5.41, 5.74) is -1.02. The van der Waals surface area contributed by atoms with Gasteiger partial charge in [0.1, 0.15) is 5.60 Å². The highest BCUT2D eigenvalue weighted by molar-refractivity contribution is 5.68. The average Bonchev–Trinajstić information content (AvgIpc) is 2.23. The molecule has 19 heavy (non-hydrogen) atoms. The fourth-order valence-electron chi connectivity index (χ4n) is 3.08. The zero-order chi connectivity index (χ0) is 14.3. The summed E-state index contributed by atoms with van der Waals surface area (Å²) >= 11 is 0. The van der Waals surface area contributed by atoms with Gasteiger partial charge in [0.25, 0.3) is 0 Å². The molecule has 0 saturated carbocycles. The first-order valence-corrected chi connectivity index (χ1v) is 7.12. The zero-order valence-corrected chi connectivity index (χ0v) is 12.4. The number of hydrogen-bond acceptors (Lipinski definition) is 4. The number of carbonyl (C=O) groups is 1. The molecule has 2 atom stereocenters. The largest absolute Gasteiger partial charge is 0.444 e. The third kappa shape index (κ3) is 3.20. The molecule has 110 valence electrons. The summed E-state index contributed by atoms with van der Waals surface area (Å²) in [6.07, 6.45) is 0.606. The van der Waals surface area contributed by atoms with Gasteiger partial charge in [-0.25, -0.2) is 4.79 Å². The van der Waals surface area contributed by atoms with E-state index in [1.54, 1.807) is 4.90 Å². The zero-order valence-electron chi connectivity index (χ0n) is 12.4. The second-order valence-electron chi connectivity index (χ2n) is 7.01. The Morgan fingerprint density at radius 1 is 1.42 bits per heavy atom. The van der Waals surface area contributed by atoms with E-state index in [-0.39, 0.29) is 12.0 Å². The van der Waals surface area contributed by atoms with Crippen LogP contribution in [0, 0.1) is 11.8 Å². The van der Waals surface area contributed by atoms with Crippen LogP contribution in [0.3, 0.4) is 0 Å². The monoisotopic (exact) mass is 270 g/mol. The Morgan fingerprint density at radius 2 is 2.05 bits per heavy atom. The molecule has 2 N–H and O–H groups in total. The van der Waals surface area contributed by atoms with Crippen LogP contribution in [0.2, 0.25) is 0 Å². The summed E-state index contributed by atoms with van der Waals surface area (Å²) < 4.78 is 5.40. The second kappa shape index (κ2) is 4.94. The molecule has 1 amide bonds. The minimum atomic E-state index is -0.570. The molecule has 0 aromatic rings. The Labute approximate surface area is 115 Å². The number of amides is 1. The first-order valence-electron chi connectivity index (χ1n) is 7.12. The Kier molecular flexibility index (Phi) is 3.80. The van der Waals surface area contributed by atoms with E-state index in [9.17, 15) is 9.90 Å². The molecule has 2 heterocycles. The van der Waals surface area contributed by atoms with Crippen molar-refractivity contribution in [3.05, 3.63) is 0 Å². The number of aliphatic hydroxyl groups is 1. The Bertz CT molecular complexity index is 347. The van der Waals surface area contributed by atoms with Crippen LogP contribution in [-0.4, -0.2) is 53.5 Å². The fraction of sp³-hybridized carbons (Fsp3) is 0.929. The molecule has 2 fully saturated rings. The number of likely N-dealkylation sites (tertiary alicyclic amines) is 1. The highest BCUT2D eigenvalue weighted by Gasteiger charge is 2.47. The molecule has 5 heteroatoms. The van der Waals surface area contributed by atoms with Crippen molar-refractivity contribution in [2.24, 2.45) is 11.8 Å². The second-order valence-corrected chi connectivity index (χ2v) is 7.01. The van der Waals surface area contributed by atoms with Gasteiger partial charge in [0.05, 0.1) is 5.60 Å². The lowest BCUT2D eigenvalue weighted by Gasteiger charge is -2.49. The standard InChI is InChI=1S/C14H26N2O3/c1-10-7-16(12(17)19-13(2,3)4)6-5-11(10)14(18)8-15-9-14/h10-11,15,18H,5-9H2,1-4H3. The summed E-state index contributed by atoms with van der Waals surface area (Å²) in [6, 6.07) is 0. The number of hydrogen-bond donors (Lipinski definition) is 2. The van der Waals surface area contributed by atoms with Crippen molar-refractivity contribution in [2.75, 3.05) is 26.2 Å². The van der Waals surface area contributed by atoms with Crippen molar-refractivity contribution in [1.29, 1.82) is 0 Å². The van der Waals surface area contributed by atoms with Gasteiger partial charge in [-0.05, 0) is 39.0 Å². The van der Waals surface area contributed by atoms with Gasteiger partial charge in [-0.1, -0.05) is 6.92 Å². The maximum atomic E-state index is 12.0. The molecular formula is C14H26N2O3. The highest BCUT2D eigenvalue weighted by atomic mass is 16.6. The molecule has 2 rings (SSSR count). The fourth-order valence-corrected chi connectivity index (χ4v) is 3.08. The lowest BCUT2D eigenvalue weighted by atomic mass is 9.71. The minimum Gasteiger partial charge on any atom is -0.444 e. The summed E-state index contributed by atoms with van der Waals surface area (Å²) in [4.78, 5) is 13.8. The molecule has 0 bridgehead atoms. The van der Waals surface area contributed by atoms with E-state index in [0.717, 1.165) is 6.42 Å². The molecule has 2 aliphatic rings. The van der Waals surface area contributed by atoms with Crippen molar-refractivity contribution in [2.45, 2.75) is 45.3 Å². The van der Waals surface area contributed by atoms with Crippen LogP contribution in [0.5, 0.6) is 0 Å². The molecule has 0 spiro atoms. The molecule has 2 unspecified atom stereocenters. The molecule has 0 aromatic carbocycles. The van der Waals surface area contributed by atoms with Crippen molar-refractivity contribution < 1.29 is 14.6 Å². The van der Waals surface area contributed by atoms with E-state index in [0.29, 0.717) is 32.1 Å². The summed E-state index contributed by atoms with van der Waals surface area (Å²) in [5.74, 6) is 0.570. The minimum absolute atomic E-state index is 0.239. The predicted molar refractivity (Wildman–Crippen MR) is 72.9 cm³/mol. The van der Waals surface area contributed by atoms with Crippen molar-refractivity contribution in [3.8, 4) is 0 Å². The van der Waals surface area contributed by atoms with Crippen LogP contribution < -0.4 is 5.32 Å². The molecule has 0 radical (unpaired) electrons. The van der Waals surface area contributed by atoms with E-state index < -0.39 is 11.2 Å². The van der Waals surface area contributed by atoms with E-state index in [1.807, 2.05) is 20.8 Å². The number of carbonyl (C=O) groups excluding carboxylic acids is 1. The first kappa shape index (κ1) is 14.6. The molecular weight excluding hydrogens is 244 g/mol. The van der Waals surface area contributed by atoms with Crippen molar-refractivity contribution >= 4 is 6.09 Å². The van der Waals surface area contributed by atoms with Crippen LogP contribution in [-0.2, 0) is 4.74 Å². The van der Waals surface area contributed by atoms with Gasteiger partial charge < -0.3 is 20.1 Å². The maximum absolute atomic E-state index is 12.0. The number of β-amino-alcohol motifs (C(OH)–C–C–N with tert-alkyl or cyclic N) is 1. The van der Waals surface area contributed by atoms with Crippen molar-refractivity contribution in [3.63, 3.8) is 0 Å². The maximum Gasteiger partial charge on any atom is 0.410 e. The van der Waals surface area contributed by atoms with Crippen LogP contribution in [0.25, 0.3) is 0 Å². The number of nitrogens with zero attached hydrogens (tertiary/aromatic N) is 1. The van der Waals surface area contributed by atoms with E-state index in [4.69, 9.17) is 4.74 Å². The Balaban J connectivity index is 1.91. The molecule has 2 aliphatic heterocycles. The molecule has 0 aliphatic carbocycles. The number of rotatable bonds is 1. The van der Waals surface area contributed by atoms with Crippen LogP contribution >= 0.6 is 0 Å². The summed E-state index contributed by atoms with van der Waals surface area (Å²) in [5, 5.41) is 13.5. The summed E-state index contributed by atoms with van der Waals surface area (Å²) in [6.45, 7) is 10.4. The van der Waals surface area contributed by atoms with E-state index >= 15 is 0 Å². The quantitative estimate of drug-likeness (QED) is 0.752. The number of piperidine rings is 1. The van der Waals surface area contributed by atoms with Gasteiger partial charge in [-0.2, -0.15) is 0 Å². The average molecular weight is 270 g/mol. The van der Waals surface area contributed by atoms with Gasteiger partial charge in [0.15, 0.2) is 0 Å². The Morgan fingerprint density at radius 3 is 2.47 bits per heavy atom. The Hall–Kier alpha value is -0.810. The highest BCUT2D eigenvalue weighted by Crippen LogP contribution is 2.35. The van der Waals surface area contributed by atoms with Gasteiger partial charge >= 0.3 is 6.09 Å². The number of nitrogens with one attached hydrogen (secondary N) is 1. The third-order valence-corrected chi connectivity index (χ3v) is 4.11. The summed E-state index contributed by atoms with van der Waals surface area (Å²) in [7, 11) is 0. The SMILES string of the molecule is CC1CN(C(=O)OC(C)(C)C)CCC1C1(O)CNC1. The molecule has 2 saturated heterocycles. The van der Waals surface area contributed by atoms with Crippen LogP contribution in [0.15, 0.2) is 0 Å². The molecule has 5 nitrogen and oxygen atoms in total. The normalized spacial score (nSPS) is 30.7. The smallest absolute Gasteiger partial charge is 0.410 e. The van der Waals surface area contributed by atoms with Gasteiger partial charge in [0.2, 0.25) is 0 Å². The van der Waals surface area contributed by atoms with Crippen LogP contribution in [0.1, 0.15) is 34.1 Å². The lowest BCUT2D eigenvalue weighted by molar-refractivity contribution is -0.0993. The topological polar surface area (TPSA) is 61.8 Å². The number of ether oxygens (including phenoxy) is 1. The van der Waals surface area contributed by atoms with Gasteiger partial charge in [-0.3, -0.25) is 0 Å². The third-order valence-electron chi connectivity index (χ3n) is 4.11. The van der Waals surface area contributed by atoms with E-state index in [1.165, 1.54) is 0 Å². The van der Waals surface area contributed by atoms with Gasteiger partial charge in [0, 0.05) is 26.2 Å². The first-order chi connectivity index (χ1) is 8.71. The predicted octanol–water partition coefficient (Wildman–Crippen LogP) is 1.21. The van der Waals surface area contributed by atoms with E-state index in [2.05, 4.69) is 12.2 Å². The van der Waals surface area contributed by atoms with Gasteiger partial charge in [-0.15, -0.1) is 0 Å². The molecule has 0 aromatic heterocycles. The van der Waals surface area contributed by atoms with Crippen LogP contribution in [0.4, 0.5) is 4.79 Å². The van der Waals surface area contributed by atoms with Crippen molar-refractivity contribution in [1.82, 2.24) is 10.2 Å².